The van der Waals surface area contributed by atoms with Crippen molar-refractivity contribution >= 4 is 28.8 Å². The van der Waals surface area contributed by atoms with Crippen molar-refractivity contribution in [3.63, 3.8) is 0 Å². The molecule has 1 aliphatic heterocycles. The Kier molecular flexibility index (Phi) is 5.21. The number of hydrogen-bond acceptors (Lipinski definition) is 3. The Morgan fingerprint density at radius 1 is 1.11 bits per heavy atom. The minimum atomic E-state index is -0.370. The summed E-state index contributed by atoms with van der Waals surface area (Å²) in [7, 11) is 0. The summed E-state index contributed by atoms with van der Waals surface area (Å²) in [4.78, 5) is 27.6. The van der Waals surface area contributed by atoms with E-state index in [1.165, 1.54) is 23.5 Å². The van der Waals surface area contributed by atoms with Gasteiger partial charge >= 0.3 is 0 Å². The molecule has 4 rings (SSSR count). The van der Waals surface area contributed by atoms with Crippen molar-refractivity contribution in [1.82, 2.24) is 5.32 Å². The number of carbonyl (C=O) groups is 2. The fraction of sp³-hybridized carbons (Fsp3) is 0.182. The molecular weight excluding hydrogens is 375 g/mol. The summed E-state index contributed by atoms with van der Waals surface area (Å²) < 4.78 is 13.3. The zero-order chi connectivity index (χ0) is 19.5. The standard InChI is InChI=1S/C22H19FN2O2S/c23-17-10-8-15(9-11-17)21(19-6-3-13-28-19)24-22(27)16-4-1-5-18(14-16)25-12-2-7-20(25)26/h1,3-6,8-11,13-14,21H,2,7,12H2,(H,24,27). The van der Waals surface area contributed by atoms with Gasteiger partial charge in [-0.15, -0.1) is 11.3 Å². The minimum Gasteiger partial charge on any atom is -0.340 e. The smallest absolute Gasteiger partial charge is 0.252 e. The van der Waals surface area contributed by atoms with Crippen molar-refractivity contribution in [2.24, 2.45) is 0 Å². The van der Waals surface area contributed by atoms with Crippen molar-refractivity contribution in [2.45, 2.75) is 18.9 Å². The van der Waals surface area contributed by atoms with Crippen molar-refractivity contribution in [2.75, 3.05) is 11.4 Å². The molecular formula is C22H19FN2O2S. The van der Waals surface area contributed by atoms with Crippen molar-refractivity contribution in [3.8, 4) is 0 Å². The Bertz CT molecular complexity index is 986. The van der Waals surface area contributed by atoms with Crippen LogP contribution in [0.2, 0.25) is 0 Å². The number of amides is 2. The van der Waals surface area contributed by atoms with Gasteiger partial charge in [0.2, 0.25) is 5.91 Å². The number of rotatable bonds is 5. The second-order valence-electron chi connectivity index (χ2n) is 6.67. The summed E-state index contributed by atoms with van der Waals surface area (Å²) in [6.45, 7) is 0.678. The van der Waals surface area contributed by atoms with Crippen LogP contribution in [0, 0.1) is 5.82 Å². The molecule has 1 aromatic heterocycles. The summed E-state index contributed by atoms with van der Waals surface area (Å²) in [5.41, 5.74) is 2.04. The molecule has 0 bridgehead atoms. The summed E-state index contributed by atoms with van der Waals surface area (Å²) in [6.07, 6.45) is 1.38. The van der Waals surface area contributed by atoms with E-state index in [2.05, 4.69) is 5.32 Å². The first-order valence-electron chi connectivity index (χ1n) is 9.12. The zero-order valence-corrected chi connectivity index (χ0v) is 15.9. The number of nitrogens with one attached hydrogen (secondary N) is 1. The van der Waals surface area contributed by atoms with Gasteiger partial charge in [-0.25, -0.2) is 4.39 Å². The third-order valence-electron chi connectivity index (χ3n) is 4.80. The molecule has 142 valence electrons. The Hall–Kier alpha value is -2.99. The molecule has 1 N–H and O–H groups in total. The van der Waals surface area contributed by atoms with Crippen molar-refractivity contribution < 1.29 is 14.0 Å². The monoisotopic (exact) mass is 394 g/mol. The predicted molar refractivity (Wildman–Crippen MR) is 108 cm³/mol. The highest BCUT2D eigenvalue weighted by Crippen LogP contribution is 2.27. The first-order chi connectivity index (χ1) is 13.6. The molecule has 1 fully saturated rings. The first kappa shape index (κ1) is 18.4. The number of nitrogens with zero attached hydrogens (tertiary/aromatic N) is 1. The highest BCUT2D eigenvalue weighted by Gasteiger charge is 2.23. The van der Waals surface area contributed by atoms with Gasteiger partial charge in [0.05, 0.1) is 6.04 Å². The summed E-state index contributed by atoms with van der Waals surface area (Å²) in [6, 6.07) is 16.7. The van der Waals surface area contributed by atoms with E-state index in [0.717, 1.165) is 22.5 Å². The summed E-state index contributed by atoms with van der Waals surface area (Å²) in [5, 5.41) is 4.99. The van der Waals surface area contributed by atoms with Gasteiger partial charge < -0.3 is 10.2 Å². The molecule has 1 saturated heterocycles. The summed E-state index contributed by atoms with van der Waals surface area (Å²) in [5.74, 6) is -0.473. The van der Waals surface area contributed by atoms with Crippen LogP contribution in [0.3, 0.4) is 0 Å². The van der Waals surface area contributed by atoms with E-state index < -0.39 is 0 Å². The van der Waals surface area contributed by atoms with Crippen LogP contribution in [-0.2, 0) is 4.79 Å². The molecule has 28 heavy (non-hydrogen) atoms. The largest absolute Gasteiger partial charge is 0.340 e. The molecule has 0 saturated carbocycles. The lowest BCUT2D eigenvalue weighted by Crippen LogP contribution is -2.29. The van der Waals surface area contributed by atoms with E-state index in [0.29, 0.717) is 18.5 Å². The van der Waals surface area contributed by atoms with Gasteiger partial charge in [-0.1, -0.05) is 24.3 Å². The van der Waals surface area contributed by atoms with Gasteiger partial charge in [0, 0.05) is 29.1 Å². The molecule has 2 heterocycles. The van der Waals surface area contributed by atoms with Gasteiger partial charge in [-0.05, 0) is 53.8 Å². The SMILES string of the molecule is O=C(NC(c1ccc(F)cc1)c1cccs1)c1cccc(N2CCCC2=O)c1. The van der Waals surface area contributed by atoms with Gasteiger partial charge in [0.25, 0.3) is 5.91 Å². The van der Waals surface area contributed by atoms with E-state index in [4.69, 9.17) is 0 Å². The Labute approximate surface area is 166 Å². The lowest BCUT2D eigenvalue weighted by Gasteiger charge is -2.20. The number of hydrogen-bond donors (Lipinski definition) is 1. The molecule has 4 nitrogen and oxygen atoms in total. The second kappa shape index (κ2) is 7.94. The molecule has 0 radical (unpaired) electrons. The molecule has 0 spiro atoms. The highest BCUT2D eigenvalue weighted by atomic mass is 32.1. The number of anilines is 1. The molecule has 2 amide bonds. The lowest BCUT2D eigenvalue weighted by molar-refractivity contribution is -0.117. The second-order valence-corrected chi connectivity index (χ2v) is 7.65. The number of thiophene rings is 1. The maximum Gasteiger partial charge on any atom is 0.252 e. The predicted octanol–water partition coefficient (Wildman–Crippen LogP) is 4.53. The molecule has 0 aliphatic carbocycles. The maximum atomic E-state index is 13.3. The third kappa shape index (κ3) is 3.82. The van der Waals surface area contributed by atoms with Gasteiger partial charge in [-0.2, -0.15) is 0 Å². The van der Waals surface area contributed by atoms with E-state index in [1.54, 1.807) is 35.2 Å². The van der Waals surface area contributed by atoms with Crippen LogP contribution < -0.4 is 10.2 Å². The third-order valence-corrected chi connectivity index (χ3v) is 5.74. The molecule has 1 aliphatic rings. The zero-order valence-electron chi connectivity index (χ0n) is 15.1. The van der Waals surface area contributed by atoms with Crippen LogP contribution in [0.1, 0.15) is 39.7 Å². The van der Waals surface area contributed by atoms with Crippen LogP contribution in [0.15, 0.2) is 66.0 Å². The molecule has 6 heteroatoms. The van der Waals surface area contributed by atoms with Gasteiger partial charge in [0.15, 0.2) is 0 Å². The lowest BCUT2D eigenvalue weighted by atomic mass is 10.0. The fourth-order valence-electron chi connectivity index (χ4n) is 3.38. The molecule has 1 unspecified atom stereocenters. The quantitative estimate of drug-likeness (QED) is 0.691. The highest BCUT2D eigenvalue weighted by molar-refractivity contribution is 7.10. The van der Waals surface area contributed by atoms with E-state index in [1.807, 2.05) is 23.6 Å². The van der Waals surface area contributed by atoms with Crippen LogP contribution >= 0.6 is 11.3 Å². The molecule has 2 aromatic carbocycles. The van der Waals surface area contributed by atoms with Crippen LogP contribution in [0.25, 0.3) is 0 Å². The van der Waals surface area contributed by atoms with Crippen molar-refractivity contribution in [3.05, 3.63) is 87.9 Å². The van der Waals surface area contributed by atoms with Crippen LogP contribution in [0.4, 0.5) is 10.1 Å². The van der Waals surface area contributed by atoms with E-state index in [-0.39, 0.29) is 23.7 Å². The Morgan fingerprint density at radius 2 is 1.93 bits per heavy atom. The average Bonchev–Trinajstić information content (AvgIpc) is 3.39. The van der Waals surface area contributed by atoms with Crippen molar-refractivity contribution in [1.29, 1.82) is 0 Å². The fourth-order valence-corrected chi connectivity index (χ4v) is 4.18. The van der Waals surface area contributed by atoms with E-state index >= 15 is 0 Å². The molecule has 3 aromatic rings. The topological polar surface area (TPSA) is 49.4 Å². The Balaban J connectivity index is 1.60. The Morgan fingerprint density at radius 3 is 2.61 bits per heavy atom. The average molecular weight is 394 g/mol. The maximum absolute atomic E-state index is 13.3. The van der Waals surface area contributed by atoms with E-state index in [9.17, 15) is 14.0 Å². The minimum absolute atomic E-state index is 0.0836. The number of benzene rings is 2. The number of halogens is 1. The van der Waals surface area contributed by atoms with Gasteiger partial charge in [-0.3, -0.25) is 9.59 Å². The normalized spacial score (nSPS) is 14.9. The summed E-state index contributed by atoms with van der Waals surface area (Å²) >= 11 is 1.53. The molecule has 1 atom stereocenters. The first-order valence-corrected chi connectivity index (χ1v) is 10.00. The van der Waals surface area contributed by atoms with Crippen LogP contribution in [-0.4, -0.2) is 18.4 Å². The van der Waals surface area contributed by atoms with Crippen LogP contribution in [0.5, 0.6) is 0 Å². The number of carbonyl (C=O) groups excluding carboxylic acids is 2. The van der Waals surface area contributed by atoms with Gasteiger partial charge in [0.1, 0.15) is 5.82 Å².